The van der Waals surface area contributed by atoms with Gasteiger partial charge in [0.2, 0.25) is 5.91 Å². The van der Waals surface area contributed by atoms with Gasteiger partial charge in [0.1, 0.15) is 17.5 Å². The number of carbonyl (C=O) groups is 2. The number of aryl methyl sites for hydroxylation is 1. The van der Waals surface area contributed by atoms with Gasteiger partial charge in [0.15, 0.2) is 0 Å². The van der Waals surface area contributed by atoms with Crippen molar-refractivity contribution in [1.82, 2.24) is 20.6 Å². The molecule has 0 radical (unpaired) electrons. The minimum Gasteiger partial charge on any atom is -0.497 e. The molecule has 2 atom stereocenters. The number of amides is 2. The summed E-state index contributed by atoms with van der Waals surface area (Å²) in [6.07, 6.45) is 6.37. The Morgan fingerprint density at radius 1 is 1.08 bits per heavy atom. The van der Waals surface area contributed by atoms with Crippen molar-refractivity contribution in [3.8, 4) is 5.75 Å². The lowest BCUT2D eigenvalue weighted by atomic mass is 9.75. The van der Waals surface area contributed by atoms with Gasteiger partial charge in [0.05, 0.1) is 37.1 Å². The number of hydrogen-bond acceptors (Lipinski definition) is 8. The van der Waals surface area contributed by atoms with Crippen LogP contribution < -0.4 is 15.4 Å². The van der Waals surface area contributed by atoms with Gasteiger partial charge >= 0.3 is 7.12 Å². The number of methoxy groups -OCH3 is 2. The number of carbonyl (C=O) groups excluding carboxylic acids is 2. The van der Waals surface area contributed by atoms with E-state index in [0.29, 0.717) is 6.42 Å². The van der Waals surface area contributed by atoms with Crippen molar-refractivity contribution in [3.05, 3.63) is 54.1 Å². The molecular weight excluding hydrogens is 475 g/mol. The smallest absolute Gasteiger partial charge is 0.481 e. The second-order valence-electron chi connectivity index (χ2n) is 10.1. The van der Waals surface area contributed by atoms with E-state index in [2.05, 4.69) is 20.6 Å². The van der Waals surface area contributed by atoms with E-state index >= 15 is 0 Å². The highest BCUT2D eigenvalue weighted by atomic mass is 16.7. The Morgan fingerprint density at radius 3 is 2.43 bits per heavy atom. The molecule has 2 aromatic rings. The Hall–Kier alpha value is -3.02. The molecule has 3 rings (SSSR count). The fourth-order valence-corrected chi connectivity index (χ4v) is 3.96. The summed E-state index contributed by atoms with van der Waals surface area (Å²) in [5, 5.41) is 5.72. The lowest BCUT2D eigenvalue weighted by molar-refractivity contribution is -0.124. The summed E-state index contributed by atoms with van der Waals surface area (Å²) >= 11 is 0. The predicted molar refractivity (Wildman–Crippen MR) is 139 cm³/mol. The lowest BCUT2D eigenvalue weighted by Crippen LogP contribution is -2.56. The highest BCUT2D eigenvalue weighted by Gasteiger charge is 2.54. The molecule has 1 aromatic heterocycles. The summed E-state index contributed by atoms with van der Waals surface area (Å²) in [4.78, 5) is 33.9. The molecule has 37 heavy (non-hydrogen) atoms. The molecule has 2 unspecified atom stereocenters. The van der Waals surface area contributed by atoms with Gasteiger partial charge in [-0.2, -0.15) is 0 Å². The van der Waals surface area contributed by atoms with E-state index in [1.165, 1.54) is 25.7 Å². The monoisotopic (exact) mass is 512 g/mol. The van der Waals surface area contributed by atoms with Crippen molar-refractivity contribution in [2.75, 3.05) is 20.8 Å². The van der Waals surface area contributed by atoms with E-state index in [0.717, 1.165) is 24.2 Å². The number of rotatable bonds is 12. The molecule has 1 aliphatic heterocycles. The third-order valence-corrected chi connectivity index (χ3v) is 6.79. The molecular formula is C26H37BN4O6. The maximum atomic E-state index is 13.3. The summed E-state index contributed by atoms with van der Waals surface area (Å²) < 4.78 is 23.1. The fourth-order valence-electron chi connectivity index (χ4n) is 3.96. The van der Waals surface area contributed by atoms with Crippen LogP contribution in [0.15, 0.2) is 42.9 Å². The maximum absolute atomic E-state index is 13.3. The number of aromatic nitrogens is 2. The first-order valence-electron chi connectivity index (χ1n) is 12.4. The molecule has 0 spiro atoms. The molecule has 1 saturated heterocycles. The molecule has 1 aliphatic rings. The zero-order valence-corrected chi connectivity index (χ0v) is 22.4. The first-order chi connectivity index (χ1) is 17.6. The van der Waals surface area contributed by atoms with Gasteiger partial charge in [-0.15, -0.1) is 0 Å². The van der Waals surface area contributed by atoms with Crippen LogP contribution in [0, 0.1) is 0 Å². The first-order valence-corrected chi connectivity index (χ1v) is 12.4. The highest BCUT2D eigenvalue weighted by Crippen LogP contribution is 2.38. The second kappa shape index (κ2) is 12.5. The topological polar surface area (TPSA) is 121 Å². The summed E-state index contributed by atoms with van der Waals surface area (Å²) in [7, 11) is 2.45. The Labute approximate surface area is 219 Å². The summed E-state index contributed by atoms with van der Waals surface area (Å²) in [5.41, 5.74) is 0.128. The SMILES string of the molecule is COCC(NC(=O)c1cnccn1)C(=O)NC(CCCc1cccc(OC)c1)B1OC(C)(C)C(C)(C)O1. The van der Waals surface area contributed by atoms with Crippen LogP contribution >= 0.6 is 0 Å². The quantitative estimate of drug-likeness (QED) is 0.416. The van der Waals surface area contributed by atoms with Crippen LogP contribution in [-0.4, -0.2) is 72.9 Å². The number of benzene rings is 1. The van der Waals surface area contributed by atoms with Crippen molar-refractivity contribution in [3.63, 3.8) is 0 Å². The van der Waals surface area contributed by atoms with Crippen LogP contribution in [0.5, 0.6) is 5.75 Å². The minimum atomic E-state index is -0.942. The Kier molecular flexibility index (Phi) is 9.64. The molecule has 2 amide bonds. The Balaban J connectivity index is 1.72. The van der Waals surface area contributed by atoms with Crippen LogP contribution in [0.2, 0.25) is 0 Å². The molecule has 11 heteroatoms. The Bertz CT molecular complexity index is 1040. The van der Waals surface area contributed by atoms with Crippen molar-refractivity contribution in [2.24, 2.45) is 0 Å². The molecule has 1 aromatic carbocycles. The van der Waals surface area contributed by atoms with Crippen molar-refractivity contribution in [1.29, 1.82) is 0 Å². The fraction of sp³-hybridized carbons (Fsp3) is 0.538. The van der Waals surface area contributed by atoms with E-state index in [1.54, 1.807) is 7.11 Å². The molecule has 2 heterocycles. The van der Waals surface area contributed by atoms with Gasteiger partial charge in [0, 0.05) is 19.5 Å². The highest BCUT2D eigenvalue weighted by molar-refractivity contribution is 6.48. The van der Waals surface area contributed by atoms with Crippen LogP contribution in [0.3, 0.4) is 0 Å². The normalized spacial score (nSPS) is 17.6. The van der Waals surface area contributed by atoms with Gasteiger partial charge in [-0.25, -0.2) is 4.98 Å². The van der Waals surface area contributed by atoms with Crippen molar-refractivity contribution >= 4 is 18.9 Å². The molecule has 0 aliphatic carbocycles. The average Bonchev–Trinajstić information content (AvgIpc) is 3.10. The van der Waals surface area contributed by atoms with Gasteiger partial charge in [-0.1, -0.05) is 12.1 Å². The summed E-state index contributed by atoms with van der Waals surface area (Å²) in [5.74, 6) is -0.572. The van der Waals surface area contributed by atoms with Gasteiger partial charge < -0.3 is 29.4 Å². The number of nitrogens with zero attached hydrogens (tertiary/aromatic N) is 2. The third-order valence-electron chi connectivity index (χ3n) is 6.79. The Morgan fingerprint density at radius 2 is 1.81 bits per heavy atom. The van der Waals surface area contributed by atoms with E-state index in [-0.39, 0.29) is 12.3 Å². The van der Waals surface area contributed by atoms with E-state index < -0.39 is 42.1 Å². The number of hydrogen-bond donors (Lipinski definition) is 2. The maximum Gasteiger partial charge on any atom is 0.481 e. The number of nitrogens with one attached hydrogen (secondary N) is 2. The second-order valence-corrected chi connectivity index (χ2v) is 10.1. The molecule has 10 nitrogen and oxygen atoms in total. The van der Waals surface area contributed by atoms with Gasteiger partial charge in [-0.3, -0.25) is 14.6 Å². The third kappa shape index (κ3) is 7.50. The van der Waals surface area contributed by atoms with E-state index in [9.17, 15) is 9.59 Å². The molecule has 200 valence electrons. The largest absolute Gasteiger partial charge is 0.497 e. The van der Waals surface area contributed by atoms with E-state index in [1.807, 2.05) is 52.0 Å². The van der Waals surface area contributed by atoms with Crippen LogP contribution in [0.1, 0.15) is 56.6 Å². The van der Waals surface area contributed by atoms with Crippen molar-refractivity contribution < 1.29 is 28.4 Å². The lowest BCUT2D eigenvalue weighted by Gasteiger charge is -2.32. The number of ether oxygens (including phenoxy) is 2. The zero-order chi connectivity index (χ0) is 27.1. The van der Waals surface area contributed by atoms with Crippen molar-refractivity contribution in [2.45, 2.75) is 70.1 Å². The molecule has 1 fully saturated rings. The molecule has 0 saturated carbocycles. The summed E-state index contributed by atoms with van der Waals surface area (Å²) in [6, 6.07) is 6.96. The first kappa shape index (κ1) is 28.6. The van der Waals surface area contributed by atoms with Gasteiger partial charge in [0.25, 0.3) is 5.91 Å². The van der Waals surface area contributed by atoms with Crippen LogP contribution in [0.4, 0.5) is 0 Å². The average molecular weight is 512 g/mol. The standard InChI is InChI=1S/C26H37BN4O6/c1-25(2)26(3,4)37-27(36-25)22(12-8-10-18-9-7-11-19(15-18)35-6)31-24(33)21(17-34-5)30-23(32)20-16-28-13-14-29-20/h7,9,11,13-16,21-22H,8,10,12,17H2,1-6H3,(H,30,32)(H,31,33). The minimum absolute atomic E-state index is 0.0161. The predicted octanol–water partition coefficient (Wildman–Crippen LogP) is 2.37. The molecule has 2 N–H and O–H groups in total. The summed E-state index contributed by atoms with van der Waals surface area (Å²) in [6.45, 7) is 7.86. The van der Waals surface area contributed by atoms with E-state index in [4.69, 9.17) is 18.8 Å². The van der Waals surface area contributed by atoms with Crippen LogP contribution in [-0.2, 0) is 25.3 Å². The van der Waals surface area contributed by atoms with Gasteiger partial charge in [-0.05, 0) is 64.7 Å². The zero-order valence-electron chi connectivity index (χ0n) is 22.4. The van der Waals surface area contributed by atoms with Crippen LogP contribution in [0.25, 0.3) is 0 Å². The molecule has 0 bridgehead atoms.